The second-order valence-electron chi connectivity index (χ2n) is 4.94. The van der Waals surface area contributed by atoms with Gasteiger partial charge in [0.05, 0.1) is 0 Å². The lowest BCUT2D eigenvalue weighted by Gasteiger charge is -2.26. The van der Waals surface area contributed by atoms with Crippen molar-refractivity contribution in [1.82, 2.24) is 5.32 Å². The number of aliphatic carboxylic acids is 1. The summed E-state index contributed by atoms with van der Waals surface area (Å²) in [7, 11) is 0. The fourth-order valence-corrected chi connectivity index (χ4v) is 2.53. The summed E-state index contributed by atoms with van der Waals surface area (Å²) in [4.78, 5) is 11.3. The molecule has 1 fully saturated rings. The van der Waals surface area contributed by atoms with Crippen LogP contribution in [0.15, 0.2) is 18.2 Å². The van der Waals surface area contributed by atoms with Crippen molar-refractivity contribution in [3.8, 4) is 0 Å². The third-order valence-corrected chi connectivity index (χ3v) is 3.52. The summed E-state index contributed by atoms with van der Waals surface area (Å²) < 4.78 is 26.8. The maximum Gasteiger partial charge on any atom is 0.325 e. The number of hydrogen-bond acceptors (Lipinski definition) is 2. The average molecular weight is 269 g/mol. The Hall–Kier alpha value is -1.49. The molecule has 2 N–H and O–H groups in total. The molecule has 3 nitrogen and oxygen atoms in total. The first-order valence-corrected chi connectivity index (χ1v) is 6.51. The molecule has 1 aliphatic carbocycles. The fourth-order valence-electron chi connectivity index (χ4n) is 2.53. The minimum Gasteiger partial charge on any atom is -0.480 e. The Bertz CT molecular complexity index is 459. The highest BCUT2D eigenvalue weighted by Gasteiger charge is 2.27. The largest absolute Gasteiger partial charge is 0.480 e. The fraction of sp³-hybridized carbons (Fsp3) is 0.500. The molecule has 0 spiro atoms. The number of carbonyl (C=O) groups is 1. The van der Waals surface area contributed by atoms with Crippen molar-refractivity contribution < 1.29 is 18.7 Å². The van der Waals surface area contributed by atoms with Crippen LogP contribution in [0.25, 0.3) is 0 Å². The summed E-state index contributed by atoms with van der Waals surface area (Å²) in [6, 6.07) is 1.75. The van der Waals surface area contributed by atoms with Gasteiger partial charge in [-0.3, -0.25) is 10.1 Å². The van der Waals surface area contributed by atoms with Gasteiger partial charge in [-0.05, 0) is 31.0 Å². The summed E-state index contributed by atoms with van der Waals surface area (Å²) in [5.74, 6) is -2.51. The summed E-state index contributed by atoms with van der Waals surface area (Å²) in [5, 5.41) is 12.2. The maximum atomic E-state index is 13.7. The second-order valence-corrected chi connectivity index (χ2v) is 4.94. The van der Waals surface area contributed by atoms with Gasteiger partial charge in [0, 0.05) is 11.6 Å². The summed E-state index contributed by atoms with van der Waals surface area (Å²) in [6.07, 6.45) is 4.97. The Morgan fingerprint density at radius 3 is 2.58 bits per heavy atom. The third kappa shape index (κ3) is 3.50. The lowest BCUT2D eigenvalue weighted by atomic mass is 9.94. The van der Waals surface area contributed by atoms with E-state index in [0.717, 1.165) is 50.3 Å². The smallest absolute Gasteiger partial charge is 0.325 e. The molecule has 0 aromatic heterocycles. The number of nitrogens with one attached hydrogen (secondary N) is 1. The molecular weight excluding hydrogens is 252 g/mol. The zero-order chi connectivity index (χ0) is 13.8. The number of hydrogen-bond donors (Lipinski definition) is 2. The minimum absolute atomic E-state index is 0.0533. The van der Waals surface area contributed by atoms with Gasteiger partial charge in [0.25, 0.3) is 0 Å². The van der Waals surface area contributed by atoms with Crippen LogP contribution in [0, 0.1) is 11.6 Å². The van der Waals surface area contributed by atoms with E-state index in [2.05, 4.69) is 5.32 Å². The predicted octanol–water partition coefficient (Wildman–Crippen LogP) is 3.01. The van der Waals surface area contributed by atoms with E-state index in [4.69, 9.17) is 0 Å². The molecule has 1 atom stereocenters. The van der Waals surface area contributed by atoms with Crippen LogP contribution in [0.5, 0.6) is 0 Å². The van der Waals surface area contributed by atoms with E-state index in [1.165, 1.54) is 0 Å². The Kier molecular flexibility index (Phi) is 4.47. The molecule has 1 aromatic carbocycles. The van der Waals surface area contributed by atoms with Gasteiger partial charge in [-0.15, -0.1) is 0 Å². The molecule has 104 valence electrons. The van der Waals surface area contributed by atoms with Crippen molar-refractivity contribution in [3.63, 3.8) is 0 Å². The van der Waals surface area contributed by atoms with Crippen LogP contribution in [0.4, 0.5) is 8.78 Å². The molecule has 2 rings (SSSR count). The highest BCUT2D eigenvalue weighted by atomic mass is 19.1. The Labute approximate surface area is 110 Å². The monoisotopic (exact) mass is 269 g/mol. The third-order valence-electron chi connectivity index (χ3n) is 3.52. The van der Waals surface area contributed by atoms with Gasteiger partial charge in [-0.2, -0.15) is 0 Å². The molecule has 1 aromatic rings. The minimum atomic E-state index is -1.20. The molecule has 0 radical (unpaired) electrons. The molecule has 1 aliphatic rings. The number of halogens is 2. The van der Waals surface area contributed by atoms with Gasteiger partial charge in [0.15, 0.2) is 0 Å². The van der Waals surface area contributed by atoms with Gasteiger partial charge in [0.2, 0.25) is 0 Å². The van der Waals surface area contributed by atoms with E-state index in [1.807, 2.05) is 0 Å². The highest BCUT2D eigenvalue weighted by molar-refractivity contribution is 5.75. The summed E-state index contributed by atoms with van der Waals surface area (Å²) >= 11 is 0. The number of rotatable bonds is 4. The first-order chi connectivity index (χ1) is 9.08. The van der Waals surface area contributed by atoms with Crippen LogP contribution in [-0.4, -0.2) is 17.1 Å². The van der Waals surface area contributed by atoms with E-state index >= 15 is 0 Å². The van der Waals surface area contributed by atoms with E-state index < -0.39 is 23.6 Å². The normalized spacial score (nSPS) is 18.2. The van der Waals surface area contributed by atoms with Crippen LogP contribution in [-0.2, 0) is 4.79 Å². The molecule has 1 saturated carbocycles. The van der Waals surface area contributed by atoms with Crippen molar-refractivity contribution in [2.75, 3.05) is 0 Å². The molecule has 0 heterocycles. The van der Waals surface area contributed by atoms with Gasteiger partial charge >= 0.3 is 5.97 Å². The lowest BCUT2D eigenvalue weighted by Crippen LogP contribution is -2.38. The Morgan fingerprint density at radius 2 is 1.95 bits per heavy atom. The van der Waals surface area contributed by atoms with E-state index in [1.54, 1.807) is 0 Å². The molecule has 1 unspecified atom stereocenters. The van der Waals surface area contributed by atoms with Gasteiger partial charge in [0.1, 0.15) is 17.7 Å². The molecular formula is C14H17F2NO2. The van der Waals surface area contributed by atoms with Gasteiger partial charge in [-0.1, -0.05) is 19.3 Å². The zero-order valence-corrected chi connectivity index (χ0v) is 10.5. The van der Waals surface area contributed by atoms with Crippen molar-refractivity contribution in [3.05, 3.63) is 35.4 Å². The molecule has 5 heteroatoms. The number of carboxylic acid groups (broad SMARTS) is 1. The van der Waals surface area contributed by atoms with Crippen molar-refractivity contribution in [2.45, 2.75) is 44.2 Å². The number of carboxylic acids is 1. The maximum absolute atomic E-state index is 13.7. The number of benzene rings is 1. The standard InChI is InChI=1S/C14H17F2NO2/c15-9-6-7-12(16)11(8-9)13(14(18)19)17-10-4-2-1-3-5-10/h6-8,10,13,17H,1-5H2,(H,18,19). The second kappa shape index (κ2) is 6.10. The zero-order valence-electron chi connectivity index (χ0n) is 10.5. The first kappa shape index (κ1) is 13.9. The van der Waals surface area contributed by atoms with E-state index in [-0.39, 0.29) is 11.6 Å². The summed E-state index contributed by atoms with van der Waals surface area (Å²) in [5.41, 5.74) is -0.141. The molecule has 0 bridgehead atoms. The molecule has 0 aliphatic heterocycles. The lowest BCUT2D eigenvalue weighted by molar-refractivity contribution is -0.140. The van der Waals surface area contributed by atoms with Crippen molar-refractivity contribution in [2.24, 2.45) is 0 Å². The van der Waals surface area contributed by atoms with Crippen LogP contribution in [0.2, 0.25) is 0 Å². The van der Waals surface area contributed by atoms with Crippen LogP contribution >= 0.6 is 0 Å². The van der Waals surface area contributed by atoms with Crippen LogP contribution < -0.4 is 5.32 Å². The first-order valence-electron chi connectivity index (χ1n) is 6.51. The molecule has 19 heavy (non-hydrogen) atoms. The quantitative estimate of drug-likeness (QED) is 0.883. The van der Waals surface area contributed by atoms with Gasteiger partial charge < -0.3 is 5.11 Å². The molecule has 0 saturated heterocycles. The molecule has 0 amide bonds. The average Bonchev–Trinajstić information content (AvgIpc) is 2.40. The highest BCUT2D eigenvalue weighted by Crippen LogP contribution is 2.24. The topological polar surface area (TPSA) is 49.3 Å². The van der Waals surface area contributed by atoms with Crippen LogP contribution in [0.3, 0.4) is 0 Å². The Balaban J connectivity index is 2.19. The van der Waals surface area contributed by atoms with Gasteiger partial charge in [-0.25, -0.2) is 8.78 Å². The van der Waals surface area contributed by atoms with Crippen LogP contribution in [0.1, 0.15) is 43.7 Å². The van der Waals surface area contributed by atoms with Crippen molar-refractivity contribution in [1.29, 1.82) is 0 Å². The van der Waals surface area contributed by atoms with Crippen molar-refractivity contribution >= 4 is 5.97 Å². The summed E-state index contributed by atoms with van der Waals surface area (Å²) in [6.45, 7) is 0. The Morgan fingerprint density at radius 1 is 1.26 bits per heavy atom. The predicted molar refractivity (Wildman–Crippen MR) is 66.7 cm³/mol. The SMILES string of the molecule is O=C(O)C(NC1CCCCC1)c1cc(F)ccc1F. The van der Waals surface area contributed by atoms with E-state index in [9.17, 15) is 18.7 Å². The van der Waals surface area contributed by atoms with E-state index in [0.29, 0.717) is 0 Å².